The van der Waals surface area contributed by atoms with Gasteiger partial charge in [0, 0.05) is 0 Å². The van der Waals surface area contributed by atoms with Gasteiger partial charge in [0.05, 0.1) is 11.0 Å². The van der Waals surface area contributed by atoms with Crippen molar-refractivity contribution in [2.75, 3.05) is 0 Å². The highest BCUT2D eigenvalue weighted by Gasteiger charge is 2.13. The standard InChI is InChI=1S/C12H13N2O/c1-12(2,3)15-11-8-13-9-6-4-5-7-10(9)14-11/h4-7H,1-3H3. The average Bonchev–Trinajstić information content (AvgIpc) is 2.15. The maximum atomic E-state index is 5.58. The van der Waals surface area contributed by atoms with Gasteiger partial charge in [0.1, 0.15) is 5.60 Å². The van der Waals surface area contributed by atoms with Gasteiger partial charge in [-0.1, -0.05) is 12.1 Å². The SMILES string of the molecule is CC(C)(C)Oc1[c]nc2ccccc2n1. The Kier molecular flexibility index (Phi) is 2.31. The second kappa shape index (κ2) is 3.50. The molecule has 0 spiro atoms. The monoisotopic (exact) mass is 201 g/mol. The number of para-hydroxylation sites is 2. The molecule has 0 unspecified atom stereocenters. The number of rotatable bonds is 1. The summed E-state index contributed by atoms with van der Waals surface area (Å²) in [6.45, 7) is 5.91. The molecule has 1 radical (unpaired) electrons. The molecule has 1 aromatic carbocycles. The molecule has 1 aromatic heterocycles. The van der Waals surface area contributed by atoms with Crippen LogP contribution in [0.4, 0.5) is 0 Å². The van der Waals surface area contributed by atoms with E-state index < -0.39 is 0 Å². The third kappa shape index (κ3) is 2.43. The lowest BCUT2D eigenvalue weighted by atomic mass is 10.2. The molecule has 0 aliphatic heterocycles. The van der Waals surface area contributed by atoms with E-state index in [-0.39, 0.29) is 5.60 Å². The van der Waals surface area contributed by atoms with E-state index in [1.165, 1.54) is 0 Å². The molecule has 3 heteroatoms. The summed E-state index contributed by atoms with van der Waals surface area (Å²) in [6, 6.07) is 7.67. The first-order chi connectivity index (χ1) is 7.04. The molecule has 3 nitrogen and oxygen atoms in total. The number of nitrogens with zero attached hydrogens (tertiary/aromatic N) is 2. The topological polar surface area (TPSA) is 35.0 Å². The van der Waals surface area contributed by atoms with Gasteiger partial charge in [0.25, 0.3) is 0 Å². The molecule has 0 aliphatic carbocycles. The molecule has 77 valence electrons. The van der Waals surface area contributed by atoms with Gasteiger partial charge in [-0.3, -0.25) is 0 Å². The van der Waals surface area contributed by atoms with Crippen molar-refractivity contribution in [2.24, 2.45) is 0 Å². The van der Waals surface area contributed by atoms with Crippen LogP contribution in [0.15, 0.2) is 24.3 Å². The number of hydrogen-bond donors (Lipinski definition) is 0. The summed E-state index contributed by atoms with van der Waals surface area (Å²) in [5.41, 5.74) is 1.39. The normalized spacial score (nSPS) is 11.7. The largest absolute Gasteiger partial charge is 0.470 e. The molecule has 0 saturated carbocycles. The third-order valence-corrected chi connectivity index (χ3v) is 1.78. The molecule has 15 heavy (non-hydrogen) atoms. The fourth-order valence-electron chi connectivity index (χ4n) is 1.23. The zero-order valence-electron chi connectivity index (χ0n) is 9.11. The van der Waals surface area contributed by atoms with Crippen LogP contribution in [0.2, 0.25) is 0 Å². The fourth-order valence-corrected chi connectivity index (χ4v) is 1.23. The Balaban J connectivity index is 2.39. The van der Waals surface area contributed by atoms with Crippen molar-refractivity contribution in [1.82, 2.24) is 9.97 Å². The lowest BCUT2D eigenvalue weighted by molar-refractivity contribution is 0.123. The Bertz CT molecular complexity index is 474. The highest BCUT2D eigenvalue weighted by atomic mass is 16.5. The molecule has 2 aromatic rings. The number of fused-ring (bicyclic) bond motifs is 1. The zero-order chi connectivity index (χ0) is 10.9. The van der Waals surface area contributed by atoms with Crippen molar-refractivity contribution in [3.05, 3.63) is 30.5 Å². The molecular formula is C12H13N2O. The predicted molar refractivity (Wildman–Crippen MR) is 58.8 cm³/mol. The minimum Gasteiger partial charge on any atom is -0.470 e. The van der Waals surface area contributed by atoms with Crippen molar-refractivity contribution in [2.45, 2.75) is 26.4 Å². The second-order valence-corrected chi connectivity index (χ2v) is 4.34. The van der Waals surface area contributed by atoms with E-state index in [2.05, 4.69) is 16.2 Å². The summed E-state index contributed by atoms with van der Waals surface area (Å²) in [4.78, 5) is 8.47. The number of hydrogen-bond acceptors (Lipinski definition) is 3. The van der Waals surface area contributed by atoms with E-state index in [1.807, 2.05) is 45.0 Å². The Hall–Kier alpha value is -1.64. The molecule has 0 N–H and O–H groups in total. The van der Waals surface area contributed by atoms with Crippen LogP contribution in [-0.4, -0.2) is 15.6 Å². The van der Waals surface area contributed by atoms with E-state index in [1.54, 1.807) is 0 Å². The number of aromatic nitrogens is 2. The van der Waals surface area contributed by atoms with Gasteiger partial charge >= 0.3 is 0 Å². The molecule has 1 heterocycles. The first-order valence-corrected chi connectivity index (χ1v) is 4.88. The molecule has 0 saturated heterocycles. The summed E-state index contributed by atoms with van der Waals surface area (Å²) >= 11 is 0. The van der Waals surface area contributed by atoms with Crippen molar-refractivity contribution in [1.29, 1.82) is 0 Å². The molecule has 0 amide bonds. The van der Waals surface area contributed by atoms with E-state index in [9.17, 15) is 0 Å². The molecule has 0 bridgehead atoms. The summed E-state index contributed by atoms with van der Waals surface area (Å²) in [5.74, 6) is 0.446. The third-order valence-electron chi connectivity index (χ3n) is 1.78. The lowest BCUT2D eigenvalue weighted by Gasteiger charge is -2.19. The summed E-state index contributed by atoms with van der Waals surface area (Å²) in [6.07, 6.45) is 2.78. The van der Waals surface area contributed by atoms with Crippen LogP contribution >= 0.6 is 0 Å². The Morgan fingerprint density at radius 1 is 1.13 bits per heavy atom. The van der Waals surface area contributed by atoms with Gasteiger partial charge in [-0.2, -0.15) is 0 Å². The summed E-state index contributed by atoms with van der Waals surface area (Å²) in [5, 5.41) is 0. The van der Waals surface area contributed by atoms with Crippen LogP contribution in [0.5, 0.6) is 5.88 Å². The average molecular weight is 201 g/mol. The first kappa shape index (κ1) is 9.90. The zero-order valence-corrected chi connectivity index (χ0v) is 9.11. The molecule has 0 atom stereocenters. The van der Waals surface area contributed by atoms with Crippen molar-refractivity contribution >= 4 is 11.0 Å². The molecule has 0 fully saturated rings. The minimum absolute atomic E-state index is 0.270. The van der Waals surface area contributed by atoms with Crippen LogP contribution in [0, 0.1) is 6.20 Å². The highest BCUT2D eigenvalue weighted by molar-refractivity contribution is 5.73. The fraction of sp³-hybridized carbons (Fsp3) is 0.333. The van der Waals surface area contributed by atoms with E-state index in [4.69, 9.17) is 4.74 Å². The van der Waals surface area contributed by atoms with E-state index in [0.29, 0.717) is 5.88 Å². The van der Waals surface area contributed by atoms with Crippen molar-refractivity contribution < 1.29 is 4.74 Å². The van der Waals surface area contributed by atoms with Crippen LogP contribution < -0.4 is 4.74 Å². The second-order valence-electron chi connectivity index (χ2n) is 4.34. The number of benzene rings is 1. The summed E-state index contributed by atoms with van der Waals surface area (Å²) in [7, 11) is 0. The maximum absolute atomic E-state index is 5.58. The maximum Gasteiger partial charge on any atom is 0.243 e. The van der Waals surface area contributed by atoms with Crippen molar-refractivity contribution in [3.8, 4) is 5.88 Å². The van der Waals surface area contributed by atoms with Gasteiger partial charge in [0.15, 0.2) is 6.20 Å². The quantitative estimate of drug-likeness (QED) is 0.711. The smallest absolute Gasteiger partial charge is 0.243 e. The summed E-state index contributed by atoms with van der Waals surface area (Å²) < 4.78 is 5.58. The van der Waals surface area contributed by atoms with Gasteiger partial charge < -0.3 is 4.74 Å². The number of ether oxygens (including phenoxy) is 1. The van der Waals surface area contributed by atoms with Crippen LogP contribution in [0.1, 0.15) is 20.8 Å². The van der Waals surface area contributed by atoms with Gasteiger partial charge in [-0.05, 0) is 32.9 Å². The Labute approximate surface area is 89.1 Å². The van der Waals surface area contributed by atoms with Gasteiger partial charge in [-0.15, -0.1) is 0 Å². The Morgan fingerprint density at radius 2 is 1.80 bits per heavy atom. The molecule has 0 aliphatic rings. The Morgan fingerprint density at radius 3 is 2.47 bits per heavy atom. The predicted octanol–water partition coefficient (Wildman–Crippen LogP) is 2.61. The first-order valence-electron chi connectivity index (χ1n) is 4.88. The minimum atomic E-state index is -0.270. The van der Waals surface area contributed by atoms with Gasteiger partial charge in [-0.25, -0.2) is 9.97 Å². The highest BCUT2D eigenvalue weighted by Crippen LogP contribution is 2.16. The van der Waals surface area contributed by atoms with Crippen LogP contribution in [0.25, 0.3) is 11.0 Å². The lowest BCUT2D eigenvalue weighted by Crippen LogP contribution is -2.23. The molecule has 2 rings (SSSR count). The molecular weight excluding hydrogens is 188 g/mol. The van der Waals surface area contributed by atoms with E-state index in [0.717, 1.165) is 11.0 Å². The van der Waals surface area contributed by atoms with Gasteiger partial charge in [0.2, 0.25) is 5.88 Å². The van der Waals surface area contributed by atoms with Crippen LogP contribution in [-0.2, 0) is 0 Å². The van der Waals surface area contributed by atoms with Crippen molar-refractivity contribution in [3.63, 3.8) is 0 Å². The van der Waals surface area contributed by atoms with Crippen LogP contribution in [0.3, 0.4) is 0 Å². The van der Waals surface area contributed by atoms with E-state index >= 15 is 0 Å².